The van der Waals surface area contributed by atoms with Crippen LogP contribution in [0.15, 0.2) is 29.4 Å². The highest BCUT2D eigenvalue weighted by Gasteiger charge is 2.11. The Morgan fingerprint density at radius 1 is 1.44 bits per heavy atom. The second-order valence-electron chi connectivity index (χ2n) is 3.04. The summed E-state index contributed by atoms with van der Waals surface area (Å²) in [7, 11) is 0. The molecule has 0 spiro atoms. The second-order valence-corrected chi connectivity index (χ2v) is 3.04. The zero-order valence-corrected chi connectivity index (χ0v) is 8.81. The summed E-state index contributed by atoms with van der Waals surface area (Å²) in [4.78, 5) is 11.2. The fourth-order valence-corrected chi connectivity index (χ4v) is 1.19. The van der Waals surface area contributed by atoms with Crippen LogP contribution in [0.4, 0.5) is 4.39 Å². The van der Waals surface area contributed by atoms with E-state index in [9.17, 15) is 9.18 Å². The van der Waals surface area contributed by atoms with Crippen molar-refractivity contribution in [3.05, 3.63) is 35.6 Å². The molecule has 0 amide bonds. The minimum absolute atomic E-state index is 0.143. The molecule has 1 N–H and O–H groups in total. The van der Waals surface area contributed by atoms with Gasteiger partial charge in [-0.2, -0.15) is 0 Å². The topological polar surface area (TPSA) is 58.9 Å². The van der Waals surface area contributed by atoms with E-state index < -0.39 is 11.8 Å². The highest BCUT2D eigenvalue weighted by atomic mass is 19.1. The van der Waals surface area contributed by atoms with Crippen LogP contribution in [0.3, 0.4) is 0 Å². The largest absolute Gasteiger partial charge is 0.466 e. The number of benzene rings is 1. The number of ether oxygens (including phenoxy) is 1. The molecule has 0 heterocycles. The van der Waals surface area contributed by atoms with E-state index in [1.54, 1.807) is 6.92 Å². The van der Waals surface area contributed by atoms with Gasteiger partial charge in [-0.1, -0.05) is 17.3 Å². The molecule has 0 aliphatic heterocycles. The maximum atomic E-state index is 12.6. The molecular weight excluding hydrogens is 213 g/mol. The van der Waals surface area contributed by atoms with Gasteiger partial charge < -0.3 is 9.94 Å². The van der Waals surface area contributed by atoms with Crippen molar-refractivity contribution in [2.24, 2.45) is 5.16 Å². The van der Waals surface area contributed by atoms with Gasteiger partial charge in [0, 0.05) is 5.56 Å². The summed E-state index contributed by atoms with van der Waals surface area (Å²) in [6.45, 7) is 1.95. The quantitative estimate of drug-likeness (QED) is 0.369. The van der Waals surface area contributed by atoms with E-state index in [1.807, 2.05) is 0 Å². The van der Waals surface area contributed by atoms with E-state index in [0.29, 0.717) is 5.56 Å². The van der Waals surface area contributed by atoms with Crippen molar-refractivity contribution in [2.45, 2.75) is 13.3 Å². The van der Waals surface area contributed by atoms with Gasteiger partial charge in [-0.05, 0) is 19.1 Å². The van der Waals surface area contributed by atoms with E-state index in [1.165, 1.54) is 24.3 Å². The Morgan fingerprint density at radius 3 is 2.56 bits per heavy atom. The van der Waals surface area contributed by atoms with Gasteiger partial charge in [-0.15, -0.1) is 0 Å². The number of carbonyl (C=O) groups excluding carboxylic acids is 1. The summed E-state index contributed by atoms with van der Waals surface area (Å²) in [5.41, 5.74) is 0.635. The Bertz CT molecular complexity index is 387. The Morgan fingerprint density at radius 2 is 2.06 bits per heavy atom. The molecule has 0 aliphatic carbocycles. The Labute approximate surface area is 92.3 Å². The molecule has 0 saturated carbocycles. The maximum Gasteiger partial charge on any atom is 0.312 e. The maximum absolute atomic E-state index is 12.6. The first-order valence-corrected chi connectivity index (χ1v) is 4.80. The molecule has 4 nitrogen and oxygen atoms in total. The minimum Gasteiger partial charge on any atom is -0.466 e. The van der Waals surface area contributed by atoms with Crippen LogP contribution in [-0.2, 0) is 9.53 Å². The average molecular weight is 225 g/mol. The number of hydrogen-bond donors (Lipinski definition) is 1. The molecule has 0 unspecified atom stereocenters. The first-order valence-electron chi connectivity index (χ1n) is 4.80. The van der Waals surface area contributed by atoms with Crippen LogP contribution in [0.5, 0.6) is 0 Å². The van der Waals surface area contributed by atoms with Gasteiger partial charge in [0.1, 0.15) is 5.82 Å². The molecule has 0 saturated heterocycles. The number of esters is 1. The molecule has 0 radical (unpaired) electrons. The monoisotopic (exact) mass is 225 g/mol. The van der Waals surface area contributed by atoms with Gasteiger partial charge in [-0.25, -0.2) is 4.39 Å². The lowest BCUT2D eigenvalue weighted by atomic mass is 10.1. The Balaban J connectivity index is 2.76. The van der Waals surface area contributed by atoms with Crippen molar-refractivity contribution in [1.29, 1.82) is 0 Å². The first kappa shape index (κ1) is 12.2. The fraction of sp³-hybridized carbons (Fsp3) is 0.273. The lowest BCUT2D eigenvalue weighted by molar-refractivity contribution is -0.141. The molecule has 1 rings (SSSR count). The molecule has 1 aromatic carbocycles. The van der Waals surface area contributed by atoms with Crippen molar-refractivity contribution >= 4 is 11.7 Å². The van der Waals surface area contributed by atoms with Gasteiger partial charge in [0.2, 0.25) is 0 Å². The fourth-order valence-electron chi connectivity index (χ4n) is 1.19. The van der Waals surface area contributed by atoms with Crippen molar-refractivity contribution in [2.75, 3.05) is 6.61 Å². The van der Waals surface area contributed by atoms with Crippen LogP contribution in [0.25, 0.3) is 0 Å². The van der Waals surface area contributed by atoms with E-state index in [-0.39, 0.29) is 18.7 Å². The molecule has 0 aliphatic rings. The lowest BCUT2D eigenvalue weighted by Gasteiger charge is -2.04. The van der Waals surface area contributed by atoms with Gasteiger partial charge >= 0.3 is 5.97 Å². The van der Waals surface area contributed by atoms with Gasteiger partial charge in [-0.3, -0.25) is 4.79 Å². The molecular formula is C11H12FNO3. The van der Waals surface area contributed by atoms with Gasteiger partial charge in [0.25, 0.3) is 0 Å². The highest BCUT2D eigenvalue weighted by molar-refractivity contribution is 6.09. The number of halogens is 1. The number of nitrogens with zero attached hydrogens (tertiary/aromatic N) is 1. The van der Waals surface area contributed by atoms with Crippen molar-refractivity contribution in [1.82, 2.24) is 0 Å². The molecule has 0 aromatic heterocycles. The molecule has 16 heavy (non-hydrogen) atoms. The Hall–Kier alpha value is -1.91. The highest BCUT2D eigenvalue weighted by Crippen LogP contribution is 2.07. The standard InChI is InChI=1S/C11H12FNO3/c1-2-16-11(14)7-10(13-15)8-3-5-9(12)6-4-8/h3-6,15H,2,7H2,1H3/b13-10-. The third-order valence-corrected chi connectivity index (χ3v) is 1.92. The third kappa shape index (κ3) is 3.34. The van der Waals surface area contributed by atoms with Crippen LogP contribution in [-0.4, -0.2) is 23.5 Å². The molecule has 0 bridgehead atoms. The van der Waals surface area contributed by atoms with E-state index in [0.717, 1.165) is 0 Å². The molecule has 0 fully saturated rings. The van der Waals surface area contributed by atoms with Crippen LogP contribution in [0, 0.1) is 5.82 Å². The predicted molar refractivity (Wildman–Crippen MR) is 56.0 cm³/mol. The zero-order chi connectivity index (χ0) is 12.0. The molecule has 1 aromatic rings. The Kier molecular flexibility index (Phi) is 4.44. The number of hydrogen-bond acceptors (Lipinski definition) is 4. The summed E-state index contributed by atoms with van der Waals surface area (Å²) in [6, 6.07) is 5.32. The second kappa shape index (κ2) is 5.85. The summed E-state index contributed by atoms with van der Waals surface area (Å²) < 4.78 is 17.4. The lowest BCUT2D eigenvalue weighted by Crippen LogP contribution is -2.12. The SMILES string of the molecule is CCOC(=O)C/C(=N/O)c1ccc(F)cc1. The van der Waals surface area contributed by atoms with Gasteiger partial charge in [0.05, 0.1) is 18.7 Å². The van der Waals surface area contributed by atoms with Crippen molar-refractivity contribution in [3.8, 4) is 0 Å². The van der Waals surface area contributed by atoms with Crippen LogP contribution < -0.4 is 0 Å². The smallest absolute Gasteiger partial charge is 0.312 e. The summed E-state index contributed by atoms with van der Waals surface area (Å²) in [5, 5.41) is 11.8. The van der Waals surface area contributed by atoms with Crippen LogP contribution >= 0.6 is 0 Å². The number of rotatable bonds is 4. The van der Waals surface area contributed by atoms with E-state index >= 15 is 0 Å². The number of carbonyl (C=O) groups is 1. The minimum atomic E-state index is -0.486. The summed E-state index contributed by atoms with van der Waals surface area (Å²) in [5.74, 6) is -0.878. The molecule has 86 valence electrons. The first-order chi connectivity index (χ1) is 7.67. The van der Waals surface area contributed by atoms with Crippen LogP contribution in [0.2, 0.25) is 0 Å². The summed E-state index contributed by atoms with van der Waals surface area (Å²) >= 11 is 0. The molecule has 5 heteroatoms. The average Bonchev–Trinajstić information content (AvgIpc) is 2.27. The van der Waals surface area contributed by atoms with E-state index in [4.69, 9.17) is 9.94 Å². The van der Waals surface area contributed by atoms with Crippen LogP contribution in [0.1, 0.15) is 18.9 Å². The molecule has 0 atom stereocenters. The normalized spacial score (nSPS) is 11.2. The number of oxime groups is 1. The third-order valence-electron chi connectivity index (χ3n) is 1.92. The zero-order valence-electron chi connectivity index (χ0n) is 8.81. The van der Waals surface area contributed by atoms with Gasteiger partial charge in [0.15, 0.2) is 0 Å². The van der Waals surface area contributed by atoms with Crippen molar-refractivity contribution in [3.63, 3.8) is 0 Å². The van der Waals surface area contributed by atoms with E-state index in [2.05, 4.69) is 5.16 Å². The summed E-state index contributed by atoms with van der Waals surface area (Å²) in [6.07, 6.45) is -0.143. The van der Waals surface area contributed by atoms with Crippen molar-refractivity contribution < 1.29 is 19.1 Å². The predicted octanol–water partition coefficient (Wildman–Crippen LogP) is 1.96.